The van der Waals surface area contributed by atoms with E-state index in [-0.39, 0.29) is 5.54 Å². The molecule has 1 aliphatic rings. The number of rotatable bonds is 1. The Morgan fingerprint density at radius 3 is 2.30 bits per heavy atom. The summed E-state index contributed by atoms with van der Waals surface area (Å²) in [4.78, 5) is 1.83. The second-order valence-corrected chi connectivity index (χ2v) is 3.24. The molecule has 1 fully saturated rings. The molecule has 4 radical (unpaired) electrons. The van der Waals surface area contributed by atoms with Crippen LogP contribution >= 0.6 is 0 Å². The molecule has 1 aliphatic heterocycles. The normalized spacial score (nSPS) is 26.7. The second-order valence-electron chi connectivity index (χ2n) is 3.24. The lowest BCUT2D eigenvalue weighted by atomic mass is 9.90. The van der Waals surface area contributed by atoms with Gasteiger partial charge < -0.3 is 5.32 Å². The van der Waals surface area contributed by atoms with Gasteiger partial charge in [-0.15, -0.1) is 0 Å². The number of nitrogens with zero attached hydrogens (tertiary/aromatic N) is 1. The van der Waals surface area contributed by atoms with Crippen molar-refractivity contribution in [2.75, 3.05) is 13.1 Å². The van der Waals surface area contributed by atoms with Gasteiger partial charge in [-0.05, 0) is 19.8 Å². The summed E-state index contributed by atoms with van der Waals surface area (Å²) in [7, 11) is 10.9. The third kappa shape index (κ3) is 1.70. The lowest BCUT2D eigenvalue weighted by molar-refractivity contribution is 0.198. The molecule has 1 saturated heterocycles. The molecule has 0 unspecified atom stereocenters. The largest absolute Gasteiger partial charge is 0.305 e. The average molecular weight is 138 g/mol. The van der Waals surface area contributed by atoms with Crippen LogP contribution in [0.5, 0.6) is 0 Å². The fraction of sp³-hybridized carbons (Fsp3) is 0.750. The predicted octanol–water partition coefficient (Wildman–Crippen LogP) is 0.768. The molecule has 1 heterocycles. The van der Waals surface area contributed by atoms with Crippen molar-refractivity contribution in [3.05, 3.63) is 14.1 Å². The van der Waals surface area contributed by atoms with Crippen molar-refractivity contribution < 1.29 is 0 Å². The Hall–Kier alpha value is -0.0800. The minimum absolute atomic E-state index is 0.107. The second kappa shape index (κ2) is 2.89. The van der Waals surface area contributed by atoms with Crippen LogP contribution in [-0.4, -0.2) is 23.5 Å². The highest BCUT2D eigenvalue weighted by Crippen LogP contribution is 2.20. The minimum Gasteiger partial charge on any atom is -0.305 e. The summed E-state index contributed by atoms with van der Waals surface area (Å²) >= 11 is 0. The third-order valence-corrected chi connectivity index (χ3v) is 2.25. The van der Waals surface area contributed by atoms with Gasteiger partial charge in [-0.25, -0.2) is 0 Å². The summed E-state index contributed by atoms with van der Waals surface area (Å²) < 4.78 is 0. The van der Waals surface area contributed by atoms with E-state index in [0.29, 0.717) is 0 Å². The zero-order valence-corrected chi connectivity index (χ0v) is 6.43. The van der Waals surface area contributed by atoms with Crippen molar-refractivity contribution in [3.63, 3.8) is 0 Å². The van der Waals surface area contributed by atoms with E-state index in [1.807, 2.05) is 4.90 Å². The van der Waals surface area contributed by atoms with Gasteiger partial charge in [0.1, 0.15) is 0 Å². The van der Waals surface area contributed by atoms with E-state index in [1.54, 1.807) is 0 Å². The first-order chi connectivity index (χ1) is 4.66. The van der Waals surface area contributed by atoms with Crippen LogP contribution in [0.1, 0.15) is 19.8 Å². The minimum atomic E-state index is 0.107. The van der Waals surface area contributed by atoms with Gasteiger partial charge >= 0.3 is 0 Å². The van der Waals surface area contributed by atoms with Crippen molar-refractivity contribution in [2.24, 2.45) is 0 Å². The van der Waals surface area contributed by atoms with E-state index in [0.717, 1.165) is 25.9 Å². The Balaban J connectivity index is 2.38. The lowest BCUT2D eigenvalue weighted by Gasteiger charge is -2.37. The Morgan fingerprint density at radius 2 is 1.90 bits per heavy atom. The average Bonchev–Trinajstić information content (AvgIpc) is 1.96. The zero-order chi connectivity index (χ0) is 7.61. The van der Waals surface area contributed by atoms with Crippen molar-refractivity contribution in [3.8, 4) is 0 Å². The predicted molar refractivity (Wildman–Crippen MR) is 40.9 cm³/mol. The quantitative estimate of drug-likeness (QED) is 0.538. The fourth-order valence-electron chi connectivity index (χ4n) is 1.16. The smallest absolute Gasteiger partial charge is 0.0438 e. The molecule has 1 N–H and O–H groups in total. The van der Waals surface area contributed by atoms with E-state index in [9.17, 15) is 0 Å². The monoisotopic (exact) mass is 138 g/mol. The highest BCUT2D eigenvalue weighted by atomic mass is 15.1. The molecule has 0 saturated carbocycles. The first-order valence-electron chi connectivity index (χ1n) is 3.64. The topological polar surface area (TPSA) is 15.3 Å². The Kier molecular flexibility index (Phi) is 2.32. The van der Waals surface area contributed by atoms with Crippen LogP contribution in [0.4, 0.5) is 0 Å². The molecule has 2 heteroatoms. The molecule has 0 aromatic rings. The molecule has 1 rings (SSSR count). The van der Waals surface area contributed by atoms with Gasteiger partial charge in [0.25, 0.3) is 0 Å². The SMILES string of the molecule is [CH]NC1(C)CCN([CH])CC1. The molecule has 0 aromatic heterocycles. The first-order valence-corrected chi connectivity index (χ1v) is 3.64. The summed E-state index contributed by atoms with van der Waals surface area (Å²) in [5, 5.41) is 2.82. The molecule has 0 spiro atoms. The van der Waals surface area contributed by atoms with E-state index in [4.69, 9.17) is 14.1 Å². The van der Waals surface area contributed by atoms with Crippen molar-refractivity contribution in [1.82, 2.24) is 10.2 Å². The molecule has 0 amide bonds. The molecule has 2 nitrogen and oxygen atoms in total. The molecule has 0 bridgehead atoms. The molecule has 56 valence electrons. The summed E-state index contributed by atoms with van der Waals surface area (Å²) in [5.41, 5.74) is 0.107. The maximum Gasteiger partial charge on any atom is 0.0438 e. The molecular weight excluding hydrogens is 124 g/mol. The zero-order valence-electron chi connectivity index (χ0n) is 6.43. The number of nitrogens with one attached hydrogen (secondary N) is 1. The van der Waals surface area contributed by atoms with Crippen LogP contribution in [0, 0.1) is 14.1 Å². The summed E-state index contributed by atoms with van der Waals surface area (Å²) in [6, 6.07) is 0. The van der Waals surface area contributed by atoms with E-state index < -0.39 is 0 Å². The van der Waals surface area contributed by atoms with Gasteiger partial charge in [0.2, 0.25) is 0 Å². The maximum atomic E-state index is 5.58. The highest BCUT2D eigenvalue weighted by molar-refractivity contribution is 4.88. The van der Waals surface area contributed by atoms with E-state index in [2.05, 4.69) is 12.2 Å². The number of piperidine rings is 1. The molecule has 0 aromatic carbocycles. The van der Waals surface area contributed by atoms with Crippen LogP contribution in [0.25, 0.3) is 0 Å². The maximum absolute atomic E-state index is 5.58. The summed E-state index contributed by atoms with van der Waals surface area (Å²) in [6.07, 6.45) is 2.06. The standard InChI is InChI=1S/C8H14N2/c1-8(9-2)4-6-10(3)7-5-8/h2-3,9H,4-7H2,1H3. The van der Waals surface area contributed by atoms with E-state index >= 15 is 0 Å². The van der Waals surface area contributed by atoms with Gasteiger partial charge in [0, 0.05) is 32.7 Å². The van der Waals surface area contributed by atoms with Crippen LogP contribution < -0.4 is 5.32 Å². The van der Waals surface area contributed by atoms with Gasteiger partial charge in [-0.3, -0.25) is 4.90 Å². The van der Waals surface area contributed by atoms with Gasteiger partial charge in [0.05, 0.1) is 0 Å². The third-order valence-electron chi connectivity index (χ3n) is 2.25. The van der Waals surface area contributed by atoms with Gasteiger partial charge in [-0.1, -0.05) is 0 Å². The Bertz CT molecular complexity index is 104. The first kappa shape index (κ1) is 8.02. The number of likely N-dealkylation sites (tertiary alicyclic amines) is 1. The summed E-state index contributed by atoms with van der Waals surface area (Å²) in [5.74, 6) is 0. The number of hydrogen-bond donors (Lipinski definition) is 1. The Morgan fingerprint density at radius 1 is 1.40 bits per heavy atom. The molecular formula is C8H14N2. The van der Waals surface area contributed by atoms with Crippen LogP contribution in [0.3, 0.4) is 0 Å². The molecule has 0 aliphatic carbocycles. The molecule has 10 heavy (non-hydrogen) atoms. The van der Waals surface area contributed by atoms with Crippen LogP contribution in [-0.2, 0) is 0 Å². The Labute approximate surface area is 63.6 Å². The van der Waals surface area contributed by atoms with Crippen LogP contribution in [0.15, 0.2) is 0 Å². The van der Waals surface area contributed by atoms with Crippen molar-refractivity contribution in [2.45, 2.75) is 25.3 Å². The summed E-state index contributed by atoms with van der Waals surface area (Å²) in [6.45, 7) is 3.99. The highest BCUT2D eigenvalue weighted by Gasteiger charge is 2.26. The van der Waals surface area contributed by atoms with Gasteiger partial charge in [-0.2, -0.15) is 0 Å². The van der Waals surface area contributed by atoms with E-state index in [1.165, 1.54) is 0 Å². The van der Waals surface area contributed by atoms with Crippen LogP contribution in [0.2, 0.25) is 0 Å². The lowest BCUT2D eigenvalue weighted by Crippen LogP contribution is -2.47. The fourth-order valence-corrected chi connectivity index (χ4v) is 1.16. The van der Waals surface area contributed by atoms with Crippen molar-refractivity contribution in [1.29, 1.82) is 0 Å². The number of hydrogen-bond acceptors (Lipinski definition) is 2. The van der Waals surface area contributed by atoms with Crippen molar-refractivity contribution >= 4 is 0 Å². The van der Waals surface area contributed by atoms with Gasteiger partial charge in [0.15, 0.2) is 0 Å². The molecule has 0 atom stereocenters.